The molecular weight excluding hydrogens is 793 g/mol. The molecule has 6 heteroatoms. The lowest BCUT2D eigenvalue weighted by Crippen LogP contribution is -2.30. The summed E-state index contributed by atoms with van der Waals surface area (Å²) in [5.41, 5.74) is 0. The average Bonchev–Trinajstić information content (AvgIpc) is 3.27. The van der Waals surface area contributed by atoms with Gasteiger partial charge in [-0.2, -0.15) is 0 Å². The molecule has 0 rings (SSSR count). The van der Waals surface area contributed by atoms with E-state index in [2.05, 4.69) is 41.5 Å². The second-order valence-corrected chi connectivity index (χ2v) is 21.1. The number of hydrogen-bond donors (Lipinski definition) is 0. The van der Waals surface area contributed by atoms with Crippen LogP contribution in [0.1, 0.15) is 318 Å². The van der Waals surface area contributed by atoms with Gasteiger partial charge in [0.15, 0.2) is 6.10 Å². The predicted molar refractivity (Wildman–Crippen MR) is 275 cm³/mol. The van der Waals surface area contributed by atoms with Gasteiger partial charge in [0.05, 0.1) is 0 Å². The molecule has 0 saturated carbocycles. The van der Waals surface area contributed by atoms with E-state index in [-0.39, 0.29) is 31.1 Å². The molecule has 0 aliphatic carbocycles. The largest absolute Gasteiger partial charge is 0.462 e. The molecule has 0 aliphatic rings. The highest BCUT2D eigenvalue weighted by atomic mass is 16.6. The smallest absolute Gasteiger partial charge is 0.306 e. The van der Waals surface area contributed by atoms with E-state index in [1.165, 1.54) is 199 Å². The van der Waals surface area contributed by atoms with Gasteiger partial charge in [0.25, 0.3) is 0 Å². The second-order valence-electron chi connectivity index (χ2n) is 21.1. The fraction of sp³-hybridized carbons (Fsp3) is 0.948. The number of hydrogen-bond acceptors (Lipinski definition) is 6. The number of carbonyl (C=O) groups excluding carboxylic acids is 3. The minimum atomic E-state index is -0.763. The van der Waals surface area contributed by atoms with Gasteiger partial charge >= 0.3 is 17.9 Å². The summed E-state index contributed by atoms with van der Waals surface area (Å²) in [5.74, 6) is 1.68. The van der Waals surface area contributed by atoms with Crippen LogP contribution in [0.5, 0.6) is 0 Å². The molecule has 2 atom stereocenters. The summed E-state index contributed by atoms with van der Waals surface area (Å²) < 4.78 is 16.9. The summed E-state index contributed by atoms with van der Waals surface area (Å²) in [4.78, 5) is 38.1. The first-order valence-corrected chi connectivity index (χ1v) is 28.6. The first-order valence-electron chi connectivity index (χ1n) is 28.6. The van der Waals surface area contributed by atoms with Gasteiger partial charge in [-0.1, -0.05) is 279 Å². The van der Waals surface area contributed by atoms with E-state index in [0.717, 1.165) is 75.5 Å². The van der Waals surface area contributed by atoms with Crippen LogP contribution >= 0.6 is 0 Å². The standard InChI is InChI=1S/C58H112O6/c1-7-54(6)46-40-34-28-22-18-14-11-12-15-19-23-29-35-41-47-56(59)62-50-55(51-63-57(60)48-42-36-31-25-27-33-39-45-53(4)5)64-58(61)49-43-37-30-24-20-16-10-8-9-13-17-21-26-32-38-44-52(2)3/h52-55H,7-51H2,1-6H3/t54?,55-/m0/s1. The van der Waals surface area contributed by atoms with Crippen molar-refractivity contribution < 1.29 is 28.6 Å². The number of ether oxygens (including phenoxy) is 3. The van der Waals surface area contributed by atoms with Gasteiger partial charge < -0.3 is 14.2 Å². The molecule has 0 aromatic heterocycles. The van der Waals surface area contributed by atoms with E-state index in [1.807, 2.05) is 0 Å². The molecule has 0 saturated heterocycles. The van der Waals surface area contributed by atoms with E-state index < -0.39 is 6.10 Å². The Kier molecular flexibility index (Phi) is 48.1. The van der Waals surface area contributed by atoms with E-state index in [4.69, 9.17) is 14.2 Å². The average molecular weight is 906 g/mol. The summed E-state index contributed by atoms with van der Waals surface area (Å²) in [5, 5.41) is 0. The van der Waals surface area contributed by atoms with Crippen LogP contribution in [0.25, 0.3) is 0 Å². The minimum Gasteiger partial charge on any atom is -0.462 e. The van der Waals surface area contributed by atoms with Crippen LogP contribution in [0.3, 0.4) is 0 Å². The highest BCUT2D eigenvalue weighted by molar-refractivity contribution is 5.71. The van der Waals surface area contributed by atoms with Crippen molar-refractivity contribution in [2.24, 2.45) is 17.8 Å². The number of rotatable bonds is 51. The highest BCUT2D eigenvalue weighted by Gasteiger charge is 2.19. The Hall–Kier alpha value is -1.59. The predicted octanol–water partition coefficient (Wildman–Crippen LogP) is 18.7. The fourth-order valence-electron chi connectivity index (χ4n) is 8.79. The van der Waals surface area contributed by atoms with Gasteiger partial charge in [0.2, 0.25) is 0 Å². The molecule has 0 amide bonds. The van der Waals surface area contributed by atoms with Crippen LogP contribution in [0, 0.1) is 17.8 Å². The number of carbonyl (C=O) groups is 3. The van der Waals surface area contributed by atoms with Crippen LogP contribution in [0.2, 0.25) is 0 Å². The van der Waals surface area contributed by atoms with Crippen molar-refractivity contribution in [3.63, 3.8) is 0 Å². The lowest BCUT2D eigenvalue weighted by atomic mass is 9.99. The van der Waals surface area contributed by atoms with Crippen molar-refractivity contribution in [2.45, 2.75) is 324 Å². The van der Waals surface area contributed by atoms with Crippen LogP contribution in [0.15, 0.2) is 0 Å². The zero-order chi connectivity index (χ0) is 47.0. The quantitative estimate of drug-likeness (QED) is 0.0344. The normalized spacial score (nSPS) is 12.6. The van der Waals surface area contributed by atoms with E-state index >= 15 is 0 Å². The minimum absolute atomic E-state index is 0.0641. The lowest BCUT2D eigenvalue weighted by Gasteiger charge is -2.18. The SMILES string of the molecule is CCC(C)CCCCCCCCCCCCCCCCC(=O)OC[C@@H](COC(=O)CCCCCCCCCC(C)C)OC(=O)CCCCCCCCCCCCCCCCCC(C)C. The van der Waals surface area contributed by atoms with Gasteiger partial charge in [-0.05, 0) is 37.0 Å². The van der Waals surface area contributed by atoms with Crippen LogP contribution in [0.4, 0.5) is 0 Å². The molecule has 0 aliphatic heterocycles. The van der Waals surface area contributed by atoms with Crippen molar-refractivity contribution in [2.75, 3.05) is 13.2 Å². The van der Waals surface area contributed by atoms with Crippen molar-refractivity contribution in [1.82, 2.24) is 0 Å². The Morgan fingerprint density at radius 1 is 0.312 bits per heavy atom. The van der Waals surface area contributed by atoms with Crippen LogP contribution in [-0.2, 0) is 28.6 Å². The molecule has 0 N–H and O–H groups in total. The van der Waals surface area contributed by atoms with Crippen molar-refractivity contribution in [3.8, 4) is 0 Å². The summed E-state index contributed by atoms with van der Waals surface area (Å²) in [6, 6.07) is 0. The van der Waals surface area contributed by atoms with E-state index in [0.29, 0.717) is 19.3 Å². The third-order valence-corrected chi connectivity index (χ3v) is 13.5. The zero-order valence-electron chi connectivity index (χ0n) is 44.1. The molecule has 0 spiro atoms. The third kappa shape index (κ3) is 49.8. The van der Waals surface area contributed by atoms with E-state index in [9.17, 15) is 14.4 Å². The molecule has 0 fully saturated rings. The second kappa shape index (κ2) is 49.3. The maximum Gasteiger partial charge on any atom is 0.306 e. The lowest BCUT2D eigenvalue weighted by molar-refractivity contribution is -0.167. The highest BCUT2D eigenvalue weighted by Crippen LogP contribution is 2.19. The summed E-state index contributed by atoms with van der Waals surface area (Å²) in [7, 11) is 0. The van der Waals surface area contributed by atoms with Crippen molar-refractivity contribution in [1.29, 1.82) is 0 Å². The van der Waals surface area contributed by atoms with Gasteiger partial charge in [-0.15, -0.1) is 0 Å². The molecule has 0 aromatic rings. The third-order valence-electron chi connectivity index (χ3n) is 13.5. The maximum absolute atomic E-state index is 12.8. The van der Waals surface area contributed by atoms with Gasteiger partial charge in [0, 0.05) is 19.3 Å². The molecular formula is C58H112O6. The van der Waals surface area contributed by atoms with Crippen LogP contribution < -0.4 is 0 Å². The molecule has 0 aromatic carbocycles. The molecule has 0 radical (unpaired) electrons. The first kappa shape index (κ1) is 62.4. The Balaban J connectivity index is 4.25. The van der Waals surface area contributed by atoms with Gasteiger partial charge in [-0.25, -0.2) is 0 Å². The first-order chi connectivity index (χ1) is 31.1. The molecule has 0 heterocycles. The molecule has 6 nitrogen and oxygen atoms in total. The summed E-state index contributed by atoms with van der Waals surface area (Å²) in [6.07, 6.45) is 51.0. The topological polar surface area (TPSA) is 78.9 Å². The summed E-state index contributed by atoms with van der Waals surface area (Å²) >= 11 is 0. The molecule has 0 bridgehead atoms. The Morgan fingerprint density at radius 3 is 0.812 bits per heavy atom. The Labute approximate surface area is 399 Å². The monoisotopic (exact) mass is 905 g/mol. The van der Waals surface area contributed by atoms with Crippen LogP contribution in [-0.4, -0.2) is 37.2 Å². The summed E-state index contributed by atoms with van der Waals surface area (Å²) in [6.45, 7) is 13.8. The van der Waals surface area contributed by atoms with E-state index in [1.54, 1.807) is 0 Å². The Morgan fingerprint density at radius 2 is 0.547 bits per heavy atom. The number of unbranched alkanes of at least 4 members (excludes halogenated alkanes) is 33. The molecule has 1 unspecified atom stereocenters. The Bertz CT molecular complexity index is 993. The molecule has 380 valence electrons. The zero-order valence-corrected chi connectivity index (χ0v) is 44.1. The maximum atomic E-state index is 12.8. The van der Waals surface area contributed by atoms with Gasteiger partial charge in [-0.3, -0.25) is 14.4 Å². The van der Waals surface area contributed by atoms with Gasteiger partial charge in [0.1, 0.15) is 13.2 Å². The van der Waals surface area contributed by atoms with Crippen molar-refractivity contribution >= 4 is 17.9 Å². The van der Waals surface area contributed by atoms with Crippen molar-refractivity contribution in [3.05, 3.63) is 0 Å². The number of esters is 3. The fourth-order valence-corrected chi connectivity index (χ4v) is 8.79. The molecule has 64 heavy (non-hydrogen) atoms.